The molecule has 1 atom stereocenters. The fourth-order valence-corrected chi connectivity index (χ4v) is 5.39. The summed E-state index contributed by atoms with van der Waals surface area (Å²) in [4.78, 5) is 25.6. The van der Waals surface area contributed by atoms with Gasteiger partial charge in [0.25, 0.3) is 0 Å². The minimum Gasteiger partial charge on any atom is -0.489 e. The molecule has 1 fully saturated rings. The molecule has 2 aliphatic rings. The van der Waals surface area contributed by atoms with Gasteiger partial charge < -0.3 is 20.1 Å². The van der Waals surface area contributed by atoms with Crippen LogP contribution in [0.2, 0.25) is 0 Å². The Morgan fingerprint density at radius 3 is 2.56 bits per heavy atom. The molecule has 0 bridgehead atoms. The molecule has 2 aromatic rings. The minimum absolute atomic E-state index is 0.00324. The van der Waals surface area contributed by atoms with E-state index in [4.69, 9.17) is 9.84 Å². The van der Waals surface area contributed by atoms with Gasteiger partial charge in [0.05, 0.1) is 18.0 Å². The highest BCUT2D eigenvalue weighted by atomic mass is 19.4. The number of hydrogen-bond donors (Lipinski definition) is 2. The van der Waals surface area contributed by atoms with E-state index in [0.717, 1.165) is 36.8 Å². The minimum atomic E-state index is -4.42. The average Bonchev–Trinajstić information content (AvgIpc) is 3.51. The predicted octanol–water partition coefficient (Wildman–Crippen LogP) is 5.20. The number of carboxylic acid groups (broad SMARTS) is 1. The summed E-state index contributed by atoms with van der Waals surface area (Å²) in [5.74, 6) is -0.868. The molecule has 1 aliphatic carbocycles. The third kappa shape index (κ3) is 5.36. The summed E-state index contributed by atoms with van der Waals surface area (Å²) in [5.41, 5.74) is 2.70. The Labute approximate surface area is 208 Å². The Morgan fingerprint density at radius 1 is 1.19 bits per heavy atom. The molecular weight excluding hydrogens is 473 g/mol. The molecule has 0 saturated heterocycles. The number of amides is 1. The van der Waals surface area contributed by atoms with Crippen LogP contribution in [0.1, 0.15) is 65.8 Å². The molecule has 9 heteroatoms. The molecule has 0 radical (unpaired) electrons. The van der Waals surface area contributed by atoms with Gasteiger partial charge in [-0.1, -0.05) is 25.0 Å². The second-order valence-corrected chi connectivity index (χ2v) is 9.55. The van der Waals surface area contributed by atoms with E-state index in [0.29, 0.717) is 35.5 Å². The first-order chi connectivity index (χ1) is 17.1. The number of hydrogen-bond acceptors (Lipinski definition) is 4. The summed E-state index contributed by atoms with van der Waals surface area (Å²) < 4.78 is 47.3. The van der Waals surface area contributed by atoms with Crippen LogP contribution in [-0.2, 0) is 28.8 Å². The van der Waals surface area contributed by atoms with E-state index in [1.807, 2.05) is 6.92 Å². The van der Waals surface area contributed by atoms with Crippen molar-refractivity contribution < 1.29 is 32.6 Å². The highest BCUT2D eigenvalue weighted by Crippen LogP contribution is 2.42. The number of carbonyl (C=O) groups is 2. The van der Waals surface area contributed by atoms with E-state index in [-0.39, 0.29) is 24.9 Å². The molecule has 4 rings (SSSR count). The molecule has 0 unspecified atom stereocenters. The molecule has 0 aromatic heterocycles. The van der Waals surface area contributed by atoms with Gasteiger partial charge >= 0.3 is 12.1 Å². The average molecular weight is 505 g/mol. The first-order valence-corrected chi connectivity index (χ1v) is 12.3. The summed E-state index contributed by atoms with van der Waals surface area (Å²) in [5, 5.41) is 11.8. The lowest BCUT2D eigenvalue weighted by Crippen LogP contribution is -2.45. The number of fused-ring (bicyclic) bond motifs is 1. The number of carboxylic acids is 1. The number of benzene rings is 2. The SMILES string of the molecule is CN[C@H](CC(=O)O)C(=O)N1CCc2c1ccc(OCc1ccc(C3CCCC3)c(C(F)(F)F)c1)c2C. The number of rotatable bonds is 8. The van der Waals surface area contributed by atoms with E-state index in [1.165, 1.54) is 6.07 Å². The lowest BCUT2D eigenvalue weighted by Gasteiger charge is -2.23. The van der Waals surface area contributed by atoms with Crippen LogP contribution in [0.25, 0.3) is 0 Å². The van der Waals surface area contributed by atoms with Crippen molar-refractivity contribution in [3.05, 3.63) is 58.1 Å². The van der Waals surface area contributed by atoms with Gasteiger partial charge in [-0.15, -0.1) is 0 Å². The molecule has 2 aromatic carbocycles. The molecule has 1 saturated carbocycles. The van der Waals surface area contributed by atoms with Crippen molar-refractivity contribution in [2.24, 2.45) is 0 Å². The van der Waals surface area contributed by atoms with Gasteiger partial charge in [-0.3, -0.25) is 9.59 Å². The maximum atomic E-state index is 13.8. The van der Waals surface area contributed by atoms with Gasteiger partial charge in [-0.2, -0.15) is 13.2 Å². The maximum Gasteiger partial charge on any atom is 0.416 e. The fraction of sp³-hybridized carbons (Fsp3) is 0.481. The van der Waals surface area contributed by atoms with Crippen molar-refractivity contribution in [1.29, 1.82) is 0 Å². The number of alkyl halides is 3. The highest BCUT2D eigenvalue weighted by Gasteiger charge is 2.36. The van der Waals surface area contributed by atoms with Crippen molar-refractivity contribution in [3.8, 4) is 5.75 Å². The van der Waals surface area contributed by atoms with E-state index >= 15 is 0 Å². The molecule has 0 spiro atoms. The zero-order chi connectivity index (χ0) is 26.0. The van der Waals surface area contributed by atoms with Gasteiger partial charge in [-0.05, 0) is 79.6 Å². The summed E-state index contributed by atoms with van der Waals surface area (Å²) in [6.07, 6.45) is -0.649. The quantitative estimate of drug-likeness (QED) is 0.517. The van der Waals surface area contributed by atoms with Crippen LogP contribution < -0.4 is 15.0 Å². The fourth-order valence-electron chi connectivity index (χ4n) is 5.39. The highest BCUT2D eigenvalue weighted by molar-refractivity contribution is 6.00. The zero-order valence-corrected chi connectivity index (χ0v) is 20.5. The molecule has 6 nitrogen and oxygen atoms in total. The third-order valence-corrected chi connectivity index (χ3v) is 7.30. The first kappa shape index (κ1) is 26.0. The number of ether oxygens (including phenoxy) is 1. The predicted molar refractivity (Wildman–Crippen MR) is 129 cm³/mol. The van der Waals surface area contributed by atoms with E-state index < -0.39 is 23.8 Å². The third-order valence-electron chi connectivity index (χ3n) is 7.30. The molecular formula is C27H31F3N2O4. The normalized spacial score (nSPS) is 16.8. The molecule has 36 heavy (non-hydrogen) atoms. The second kappa shape index (κ2) is 10.5. The van der Waals surface area contributed by atoms with Crippen LogP contribution in [-0.4, -0.2) is 36.6 Å². The van der Waals surface area contributed by atoms with Crippen molar-refractivity contribution in [3.63, 3.8) is 0 Å². The number of anilines is 1. The maximum absolute atomic E-state index is 13.8. The number of carbonyl (C=O) groups excluding carboxylic acids is 1. The number of nitrogens with one attached hydrogen (secondary N) is 1. The molecule has 1 aliphatic heterocycles. The van der Waals surface area contributed by atoms with Crippen molar-refractivity contribution >= 4 is 17.6 Å². The lowest BCUT2D eigenvalue weighted by atomic mass is 9.91. The molecule has 1 heterocycles. The van der Waals surface area contributed by atoms with Crippen molar-refractivity contribution in [2.45, 2.75) is 70.2 Å². The summed E-state index contributed by atoms with van der Waals surface area (Å²) in [6, 6.07) is 7.15. The molecule has 194 valence electrons. The van der Waals surface area contributed by atoms with Crippen molar-refractivity contribution in [1.82, 2.24) is 5.32 Å². The van der Waals surface area contributed by atoms with Crippen LogP contribution >= 0.6 is 0 Å². The van der Waals surface area contributed by atoms with Crippen LogP contribution in [0.5, 0.6) is 5.75 Å². The summed E-state index contributed by atoms with van der Waals surface area (Å²) >= 11 is 0. The van der Waals surface area contributed by atoms with Gasteiger partial charge in [0.1, 0.15) is 12.4 Å². The smallest absolute Gasteiger partial charge is 0.416 e. The molecule has 2 N–H and O–H groups in total. The largest absolute Gasteiger partial charge is 0.489 e. The van der Waals surface area contributed by atoms with Crippen LogP contribution in [0.15, 0.2) is 30.3 Å². The van der Waals surface area contributed by atoms with Gasteiger partial charge in [0.15, 0.2) is 0 Å². The number of aliphatic carboxylic acids is 1. The summed E-state index contributed by atoms with van der Waals surface area (Å²) in [7, 11) is 1.55. The van der Waals surface area contributed by atoms with Crippen LogP contribution in [0.4, 0.5) is 18.9 Å². The lowest BCUT2D eigenvalue weighted by molar-refractivity contribution is -0.139. The van der Waals surface area contributed by atoms with Gasteiger partial charge in [-0.25, -0.2) is 0 Å². The zero-order valence-electron chi connectivity index (χ0n) is 20.5. The standard InChI is InChI=1S/C27H31F3N2O4/c1-16-19-11-12-32(26(35)22(31-2)14-25(33)34)23(19)9-10-24(16)36-15-17-7-8-20(18-5-3-4-6-18)21(13-17)27(28,29)30/h7-10,13,18,22,31H,3-6,11-12,14-15H2,1-2H3,(H,33,34)/t22-/m1/s1. The monoisotopic (exact) mass is 504 g/mol. The topological polar surface area (TPSA) is 78.9 Å². The van der Waals surface area contributed by atoms with Crippen LogP contribution in [0.3, 0.4) is 0 Å². The Hall–Kier alpha value is -3.07. The number of likely N-dealkylation sites (N-methyl/N-ethyl adjacent to an activating group) is 1. The Morgan fingerprint density at radius 2 is 1.92 bits per heavy atom. The van der Waals surface area contributed by atoms with Gasteiger partial charge in [0.2, 0.25) is 5.91 Å². The number of halogens is 3. The van der Waals surface area contributed by atoms with Crippen LogP contribution in [0, 0.1) is 6.92 Å². The van der Waals surface area contributed by atoms with Gasteiger partial charge in [0, 0.05) is 12.2 Å². The first-order valence-electron chi connectivity index (χ1n) is 12.3. The Balaban J connectivity index is 1.51. The Kier molecular flexibility index (Phi) is 7.59. The van der Waals surface area contributed by atoms with E-state index in [9.17, 15) is 22.8 Å². The van der Waals surface area contributed by atoms with E-state index in [1.54, 1.807) is 36.2 Å². The number of nitrogens with zero attached hydrogens (tertiary/aromatic N) is 1. The summed E-state index contributed by atoms with van der Waals surface area (Å²) in [6.45, 7) is 2.28. The second-order valence-electron chi connectivity index (χ2n) is 9.55. The van der Waals surface area contributed by atoms with E-state index in [2.05, 4.69) is 5.32 Å². The Bertz CT molecular complexity index is 1140. The molecule has 1 amide bonds. The van der Waals surface area contributed by atoms with Crippen molar-refractivity contribution in [2.75, 3.05) is 18.5 Å².